The smallest absolute Gasteiger partial charge is 0.122 e. The zero-order valence-electron chi connectivity index (χ0n) is 13.4. The van der Waals surface area contributed by atoms with E-state index in [2.05, 4.69) is 23.2 Å². The number of ether oxygens (including phenoxy) is 1. The molecular weight excluding hydrogens is 264 g/mol. The minimum atomic E-state index is 0.154. The Labute approximate surface area is 128 Å². The van der Waals surface area contributed by atoms with Crippen molar-refractivity contribution in [3.8, 4) is 5.75 Å². The number of nitrogens with zero attached hydrogens (tertiary/aromatic N) is 1. The van der Waals surface area contributed by atoms with Crippen LogP contribution in [0.2, 0.25) is 0 Å². The van der Waals surface area contributed by atoms with Crippen LogP contribution in [0.3, 0.4) is 0 Å². The van der Waals surface area contributed by atoms with Gasteiger partial charge in [-0.1, -0.05) is 13.0 Å². The quantitative estimate of drug-likeness (QED) is 0.846. The fourth-order valence-corrected chi connectivity index (χ4v) is 2.84. The maximum Gasteiger partial charge on any atom is 0.122 e. The summed E-state index contributed by atoms with van der Waals surface area (Å²) in [7, 11) is 1.90. The first-order chi connectivity index (χ1) is 10.2. The molecule has 1 heterocycles. The molecule has 1 aromatic carbocycles. The number of hydrogen-bond acceptors (Lipinski definition) is 4. The molecule has 0 radical (unpaired) electrons. The molecule has 0 aliphatic carbocycles. The summed E-state index contributed by atoms with van der Waals surface area (Å²) >= 11 is 0. The van der Waals surface area contributed by atoms with Crippen LogP contribution in [-0.2, 0) is 4.74 Å². The van der Waals surface area contributed by atoms with Gasteiger partial charge in [-0.05, 0) is 39.3 Å². The molecule has 2 unspecified atom stereocenters. The molecule has 0 amide bonds. The fourth-order valence-electron chi connectivity index (χ4n) is 2.84. The average molecular weight is 292 g/mol. The third kappa shape index (κ3) is 4.11. The maximum absolute atomic E-state index is 10.2. The Morgan fingerprint density at radius 1 is 1.48 bits per heavy atom. The Balaban J connectivity index is 2.05. The van der Waals surface area contributed by atoms with Gasteiger partial charge in [-0.3, -0.25) is 0 Å². The lowest BCUT2D eigenvalue weighted by Gasteiger charge is -2.34. The third-order valence-electron chi connectivity index (χ3n) is 4.21. The molecule has 1 aliphatic heterocycles. The molecule has 0 saturated carbocycles. The Hall–Kier alpha value is -1.26. The Morgan fingerprint density at radius 3 is 2.95 bits per heavy atom. The number of rotatable bonds is 6. The van der Waals surface area contributed by atoms with Gasteiger partial charge >= 0.3 is 0 Å². The second kappa shape index (κ2) is 7.66. The summed E-state index contributed by atoms with van der Waals surface area (Å²) in [4.78, 5) is 2.32. The van der Waals surface area contributed by atoms with Crippen molar-refractivity contribution in [2.24, 2.45) is 0 Å². The Kier molecular flexibility index (Phi) is 5.88. The molecule has 1 aromatic rings. The van der Waals surface area contributed by atoms with Crippen LogP contribution in [0.5, 0.6) is 5.75 Å². The van der Waals surface area contributed by atoms with Crippen molar-refractivity contribution in [1.29, 1.82) is 0 Å². The van der Waals surface area contributed by atoms with E-state index in [0.29, 0.717) is 11.9 Å². The van der Waals surface area contributed by atoms with E-state index in [1.54, 1.807) is 0 Å². The second-order valence-electron chi connectivity index (χ2n) is 5.83. The van der Waals surface area contributed by atoms with Crippen LogP contribution >= 0.6 is 0 Å². The van der Waals surface area contributed by atoms with Crippen LogP contribution in [0, 0.1) is 0 Å². The van der Waals surface area contributed by atoms with Gasteiger partial charge in [-0.25, -0.2) is 0 Å². The molecule has 2 atom stereocenters. The molecule has 0 bridgehead atoms. The number of nitrogens with one attached hydrogen (secondary N) is 1. The molecule has 118 valence electrons. The summed E-state index contributed by atoms with van der Waals surface area (Å²) in [5.74, 6) is 0.367. The van der Waals surface area contributed by atoms with Gasteiger partial charge in [0.05, 0.1) is 6.10 Å². The van der Waals surface area contributed by atoms with Crippen molar-refractivity contribution < 1.29 is 9.84 Å². The van der Waals surface area contributed by atoms with Crippen molar-refractivity contribution in [2.45, 2.75) is 45.3 Å². The van der Waals surface area contributed by atoms with Gasteiger partial charge < -0.3 is 20.1 Å². The van der Waals surface area contributed by atoms with Crippen LogP contribution in [0.25, 0.3) is 0 Å². The minimum Gasteiger partial charge on any atom is -0.508 e. The molecular formula is C17H28N2O2. The van der Waals surface area contributed by atoms with Crippen LogP contribution in [-0.4, -0.2) is 38.0 Å². The molecule has 21 heavy (non-hydrogen) atoms. The Bertz CT molecular complexity index is 450. The lowest BCUT2D eigenvalue weighted by molar-refractivity contribution is 0.0440. The fraction of sp³-hybridized carbons (Fsp3) is 0.647. The zero-order valence-corrected chi connectivity index (χ0v) is 13.4. The predicted molar refractivity (Wildman–Crippen MR) is 87.1 cm³/mol. The number of phenols is 1. The van der Waals surface area contributed by atoms with E-state index < -0.39 is 0 Å². The summed E-state index contributed by atoms with van der Waals surface area (Å²) in [6, 6.07) is 6.15. The lowest BCUT2D eigenvalue weighted by Crippen LogP contribution is -2.39. The monoisotopic (exact) mass is 292 g/mol. The van der Waals surface area contributed by atoms with E-state index in [9.17, 15) is 5.11 Å². The first-order valence-electron chi connectivity index (χ1n) is 8.02. The van der Waals surface area contributed by atoms with Gasteiger partial charge in [0, 0.05) is 43.1 Å². The predicted octanol–water partition coefficient (Wildman–Crippen LogP) is 3.07. The number of phenolic OH excluding ortho intramolecular Hbond substituents is 1. The molecule has 2 N–H and O–H groups in total. The minimum absolute atomic E-state index is 0.154. The summed E-state index contributed by atoms with van der Waals surface area (Å²) in [6.45, 7) is 6.97. The number of hydrogen-bond donors (Lipinski definition) is 2. The van der Waals surface area contributed by atoms with E-state index in [-0.39, 0.29) is 6.04 Å². The molecule has 1 saturated heterocycles. The van der Waals surface area contributed by atoms with Crippen LogP contribution in [0.1, 0.15) is 44.7 Å². The van der Waals surface area contributed by atoms with Gasteiger partial charge in [-0.15, -0.1) is 0 Å². The number of anilines is 1. The van der Waals surface area contributed by atoms with Gasteiger partial charge in [0.15, 0.2) is 0 Å². The normalized spacial score (nSPS) is 20.5. The molecule has 4 heteroatoms. The van der Waals surface area contributed by atoms with Crippen LogP contribution in [0.15, 0.2) is 18.2 Å². The highest BCUT2D eigenvalue weighted by molar-refractivity contribution is 5.54. The van der Waals surface area contributed by atoms with E-state index in [0.717, 1.165) is 50.2 Å². The number of benzene rings is 1. The van der Waals surface area contributed by atoms with Crippen molar-refractivity contribution in [3.63, 3.8) is 0 Å². The molecule has 1 fully saturated rings. The van der Waals surface area contributed by atoms with Crippen molar-refractivity contribution >= 4 is 5.69 Å². The highest BCUT2D eigenvalue weighted by Gasteiger charge is 2.21. The van der Waals surface area contributed by atoms with E-state index in [1.165, 1.54) is 0 Å². The summed E-state index contributed by atoms with van der Waals surface area (Å²) in [5, 5.41) is 13.4. The van der Waals surface area contributed by atoms with Crippen LogP contribution < -0.4 is 10.2 Å². The zero-order chi connectivity index (χ0) is 15.2. The molecule has 0 aromatic heterocycles. The van der Waals surface area contributed by atoms with E-state index >= 15 is 0 Å². The highest BCUT2D eigenvalue weighted by atomic mass is 16.5. The SMILES string of the molecule is CCCOC1CCCN(c2ccc(C(C)NC)c(O)c2)C1. The van der Waals surface area contributed by atoms with Crippen molar-refractivity contribution in [2.75, 3.05) is 31.6 Å². The van der Waals surface area contributed by atoms with Gasteiger partial charge in [0.25, 0.3) is 0 Å². The summed E-state index contributed by atoms with van der Waals surface area (Å²) in [6.07, 6.45) is 3.66. The lowest BCUT2D eigenvalue weighted by atomic mass is 10.0. The number of aromatic hydroxyl groups is 1. The maximum atomic E-state index is 10.2. The van der Waals surface area contributed by atoms with Gasteiger partial charge in [0.2, 0.25) is 0 Å². The van der Waals surface area contributed by atoms with E-state index in [4.69, 9.17) is 4.74 Å². The molecule has 2 rings (SSSR count). The average Bonchev–Trinajstić information content (AvgIpc) is 2.52. The number of piperidine rings is 1. The van der Waals surface area contributed by atoms with Crippen LogP contribution in [0.4, 0.5) is 5.69 Å². The van der Waals surface area contributed by atoms with Crippen molar-refractivity contribution in [3.05, 3.63) is 23.8 Å². The van der Waals surface area contributed by atoms with E-state index in [1.807, 2.05) is 26.1 Å². The summed E-state index contributed by atoms with van der Waals surface area (Å²) in [5.41, 5.74) is 2.03. The van der Waals surface area contributed by atoms with Crippen molar-refractivity contribution in [1.82, 2.24) is 5.32 Å². The topological polar surface area (TPSA) is 44.7 Å². The van der Waals surface area contributed by atoms with Gasteiger partial charge in [-0.2, -0.15) is 0 Å². The molecule has 0 spiro atoms. The second-order valence-corrected chi connectivity index (χ2v) is 5.83. The Morgan fingerprint density at radius 2 is 2.29 bits per heavy atom. The highest BCUT2D eigenvalue weighted by Crippen LogP contribution is 2.30. The first kappa shape index (κ1) is 16.1. The van der Waals surface area contributed by atoms with Gasteiger partial charge in [0.1, 0.15) is 5.75 Å². The third-order valence-corrected chi connectivity index (χ3v) is 4.21. The standard InChI is InChI=1S/C17H28N2O2/c1-4-10-21-15-6-5-9-19(12-15)14-7-8-16(13(2)18-3)17(20)11-14/h7-8,11,13,15,18,20H,4-6,9-10,12H2,1-3H3. The first-order valence-corrected chi connectivity index (χ1v) is 8.02. The molecule has 4 nitrogen and oxygen atoms in total. The summed E-state index contributed by atoms with van der Waals surface area (Å²) < 4.78 is 5.88. The largest absolute Gasteiger partial charge is 0.508 e. The molecule has 1 aliphatic rings.